The zero-order chi connectivity index (χ0) is 13.1. The van der Waals surface area contributed by atoms with Gasteiger partial charge in [-0.25, -0.2) is 4.98 Å². The molecule has 6 heteroatoms. The number of aromatic nitrogens is 3. The number of pyridine rings is 1. The highest BCUT2D eigenvalue weighted by Crippen LogP contribution is 2.26. The van der Waals surface area contributed by atoms with Gasteiger partial charge in [-0.1, -0.05) is 0 Å². The van der Waals surface area contributed by atoms with Gasteiger partial charge in [0.1, 0.15) is 11.9 Å². The fraction of sp³-hybridized carbons (Fsp3) is 0.333. The normalized spacial score (nSPS) is 12.7. The van der Waals surface area contributed by atoms with Gasteiger partial charge in [-0.15, -0.1) is 0 Å². The SMILES string of the molecule is CCn1ccnc1CC(O)c1ncc(Br)cc1Br. The number of hydrogen-bond acceptors (Lipinski definition) is 3. The first-order valence-electron chi connectivity index (χ1n) is 5.60. The fourth-order valence-electron chi connectivity index (χ4n) is 1.76. The maximum atomic E-state index is 10.2. The second-order valence-electron chi connectivity index (χ2n) is 3.87. The Bertz CT molecular complexity index is 542. The Morgan fingerprint density at radius 3 is 2.83 bits per heavy atom. The van der Waals surface area contributed by atoms with Gasteiger partial charge in [0.15, 0.2) is 0 Å². The molecule has 1 atom stereocenters. The van der Waals surface area contributed by atoms with Crippen LogP contribution in [0.5, 0.6) is 0 Å². The monoisotopic (exact) mass is 373 g/mol. The van der Waals surface area contributed by atoms with Crippen molar-refractivity contribution in [1.29, 1.82) is 0 Å². The number of imidazole rings is 1. The number of hydrogen-bond donors (Lipinski definition) is 1. The summed E-state index contributed by atoms with van der Waals surface area (Å²) >= 11 is 6.75. The predicted octanol–water partition coefficient (Wildman–Crippen LogP) is 3.10. The molecule has 18 heavy (non-hydrogen) atoms. The summed E-state index contributed by atoms with van der Waals surface area (Å²) in [6.07, 6.45) is 5.12. The van der Waals surface area contributed by atoms with Crippen LogP contribution in [0.4, 0.5) is 0 Å². The fourth-order valence-corrected chi connectivity index (χ4v) is 3.01. The number of aliphatic hydroxyl groups excluding tert-OH is 1. The number of rotatable bonds is 4. The Balaban J connectivity index is 2.19. The smallest absolute Gasteiger partial charge is 0.111 e. The number of halogens is 2. The average Bonchev–Trinajstić information content (AvgIpc) is 2.76. The van der Waals surface area contributed by atoms with E-state index < -0.39 is 6.10 Å². The molecular formula is C12H13Br2N3O. The van der Waals surface area contributed by atoms with Gasteiger partial charge in [0, 0.05) is 40.5 Å². The molecule has 0 bridgehead atoms. The standard InChI is InChI=1S/C12H13Br2N3O/c1-2-17-4-3-15-11(17)6-10(18)12-9(14)5-8(13)7-16-12/h3-5,7,10,18H,2,6H2,1H3. The van der Waals surface area contributed by atoms with E-state index in [1.807, 2.05) is 23.8 Å². The van der Waals surface area contributed by atoms with Gasteiger partial charge < -0.3 is 9.67 Å². The molecule has 4 nitrogen and oxygen atoms in total. The van der Waals surface area contributed by atoms with E-state index in [4.69, 9.17) is 0 Å². The summed E-state index contributed by atoms with van der Waals surface area (Å²) in [5.41, 5.74) is 0.629. The highest BCUT2D eigenvalue weighted by atomic mass is 79.9. The average molecular weight is 375 g/mol. The lowest BCUT2D eigenvalue weighted by Crippen LogP contribution is -2.10. The van der Waals surface area contributed by atoms with Crippen molar-refractivity contribution in [3.8, 4) is 0 Å². The van der Waals surface area contributed by atoms with Crippen molar-refractivity contribution in [3.63, 3.8) is 0 Å². The minimum absolute atomic E-state index is 0.452. The van der Waals surface area contributed by atoms with E-state index in [9.17, 15) is 5.11 Å². The van der Waals surface area contributed by atoms with E-state index >= 15 is 0 Å². The quantitative estimate of drug-likeness (QED) is 0.894. The van der Waals surface area contributed by atoms with Crippen molar-refractivity contribution in [2.45, 2.75) is 26.0 Å². The Morgan fingerprint density at radius 2 is 2.17 bits per heavy atom. The molecule has 0 saturated carbocycles. The third-order valence-electron chi connectivity index (χ3n) is 2.67. The van der Waals surface area contributed by atoms with Crippen LogP contribution in [0.15, 0.2) is 33.6 Å². The van der Waals surface area contributed by atoms with Crippen LogP contribution >= 0.6 is 31.9 Å². The van der Waals surface area contributed by atoms with Crippen molar-refractivity contribution in [3.05, 3.63) is 45.1 Å². The lowest BCUT2D eigenvalue weighted by Gasteiger charge is -2.12. The summed E-state index contributed by atoms with van der Waals surface area (Å²) in [7, 11) is 0. The molecular weight excluding hydrogens is 362 g/mol. The predicted molar refractivity (Wildman–Crippen MR) is 76.2 cm³/mol. The molecule has 2 heterocycles. The van der Waals surface area contributed by atoms with Crippen LogP contribution in [-0.4, -0.2) is 19.6 Å². The van der Waals surface area contributed by atoms with E-state index in [0.717, 1.165) is 21.3 Å². The first-order valence-corrected chi connectivity index (χ1v) is 7.19. The molecule has 0 radical (unpaired) electrons. The maximum absolute atomic E-state index is 10.2. The van der Waals surface area contributed by atoms with Crippen LogP contribution in [0, 0.1) is 0 Å². The Kier molecular flexibility index (Phi) is 4.53. The molecule has 0 aliphatic heterocycles. The Labute approximate surface area is 122 Å². The van der Waals surface area contributed by atoms with Crippen LogP contribution in [0.25, 0.3) is 0 Å². The highest BCUT2D eigenvalue weighted by Gasteiger charge is 2.16. The van der Waals surface area contributed by atoms with E-state index in [2.05, 4.69) is 41.8 Å². The molecule has 0 saturated heterocycles. The zero-order valence-electron chi connectivity index (χ0n) is 9.85. The molecule has 0 fully saturated rings. The molecule has 0 spiro atoms. The van der Waals surface area contributed by atoms with Crippen molar-refractivity contribution >= 4 is 31.9 Å². The van der Waals surface area contributed by atoms with Crippen molar-refractivity contribution in [2.75, 3.05) is 0 Å². The molecule has 0 aliphatic rings. The number of aryl methyl sites for hydroxylation is 1. The lowest BCUT2D eigenvalue weighted by atomic mass is 10.1. The minimum Gasteiger partial charge on any atom is -0.386 e. The summed E-state index contributed by atoms with van der Waals surface area (Å²) in [5.74, 6) is 0.863. The second kappa shape index (κ2) is 5.95. The van der Waals surface area contributed by atoms with Gasteiger partial charge in [-0.2, -0.15) is 0 Å². The van der Waals surface area contributed by atoms with Crippen molar-refractivity contribution < 1.29 is 5.11 Å². The first-order chi connectivity index (χ1) is 8.61. The zero-order valence-corrected chi connectivity index (χ0v) is 13.0. The van der Waals surface area contributed by atoms with E-state index in [1.54, 1.807) is 12.4 Å². The maximum Gasteiger partial charge on any atom is 0.111 e. The van der Waals surface area contributed by atoms with Crippen molar-refractivity contribution in [1.82, 2.24) is 14.5 Å². The summed E-state index contributed by atoms with van der Waals surface area (Å²) in [6.45, 7) is 2.89. The van der Waals surface area contributed by atoms with Gasteiger partial charge in [0.25, 0.3) is 0 Å². The molecule has 0 aliphatic carbocycles. The van der Waals surface area contributed by atoms with Gasteiger partial charge in [0.2, 0.25) is 0 Å². The lowest BCUT2D eigenvalue weighted by molar-refractivity contribution is 0.169. The van der Waals surface area contributed by atoms with Crippen LogP contribution < -0.4 is 0 Å². The molecule has 0 amide bonds. The first kappa shape index (κ1) is 13.7. The summed E-state index contributed by atoms with van der Waals surface area (Å²) in [4.78, 5) is 8.48. The van der Waals surface area contributed by atoms with Crippen LogP contribution in [-0.2, 0) is 13.0 Å². The van der Waals surface area contributed by atoms with Gasteiger partial charge >= 0.3 is 0 Å². The molecule has 2 rings (SSSR count). The van der Waals surface area contributed by atoms with Crippen LogP contribution in [0.2, 0.25) is 0 Å². The number of nitrogens with zero attached hydrogens (tertiary/aromatic N) is 3. The van der Waals surface area contributed by atoms with Crippen LogP contribution in [0.1, 0.15) is 24.5 Å². The molecule has 0 aromatic carbocycles. The van der Waals surface area contributed by atoms with E-state index in [-0.39, 0.29) is 0 Å². The van der Waals surface area contributed by atoms with Gasteiger partial charge in [-0.3, -0.25) is 4.98 Å². The van der Waals surface area contributed by atoms with Crippen LogP contribution in [0.3, 0.4) is 0 Å². The summed E-state index contributed by atoms with van der Waals surface area (Å²) in [6, 6.07) is 1.87. The third kappa shape index (κ3) is 2.99. The molecule has 96 valence electrons. The van der Waals surface area contributed by atoms with E-state index in [0.29, 0.717) is 12.1 Å². The summed E-state index contributed by atoms with van der Waals surface area (Å²) < 4.78 is 3.68. The minimum atomic E-state index is -0.667. The molecule has 1 unspecified atom stereocenters. The van der Waals surface area contributed by atoms with Crippen molar-refractivity contribution in [2.24, 2.45) is 0 Å². The third-order valence-corrected chi connectivity index (χ3v) is 3.74. The molecule has 1 N–H and O–H groups in total. The van der Waals surface area contributed by atoms with Gasteiger partial charge in [-0.05, 0) is 44.8 Å². The Hall–Kier alpha value is -0.720. The second-order valence-corrected chi connectivity index (χ2v) is 5.64. The van der Waals surface area contributed by atoms with Gasteiger partial charge in [0.05, 0.1) is 5.69 Å². The largest absolute Gasteiger partial charge is 0.386 e. The summed E-state index contributed by atoms with van der Waals surface area (Å²) in [5, 5.41) is 10.2. The molecule has 2 aromatic rings. The highest BCUT2D eigenvalue weighted by molar-refractivity contribution is 9.11. The Morgan fingerprint density at radius 1 is 1.39 bits per heavy atom. The topological polar surface area (TPSA) is 50.9 Å². The molecule has 2 aromatic heterocycles. The number of aliphatic hydroxyl groups is 1. The van der Waals surface area contributed by atoms with E-state index in [1.165, 1.54) is 0 Å².